The molecule has 2 rings (SSSR count). The van der Waals surface area contributed by atoms with Crippen LogP contribution in [0.3, 0.4) is 0 Å². The molecule has 0 spiro atoms. The fraction of sp³-hybridized carbons (Fsp3) is 0.423. The topological polar surface area (TPSA) is 82.1 Å². The Bertz CT molecular complexity index is 798. The van der Waals surface area contributed by atoms with E-state index in [4.69, 9.17) is 14.2 Å². The molecule has 1 atom stereocenters. The van der Waals surface area contributed by atoms with Crippen LogP contribution >= 0.6 is 0 Å². The summed E-state index contributed by atoms with van der Waals surface area (Å²) in [4.78, 5) is 39.1. The lowest BCUT2D eigenvalue weighted by Gasteiger charge is -2.28. The van der Waals surface area contributed by atoms with Crippen LogP contribution in [0, 0.1) is 0 Å². The van der Waals surface area contributed by atoms with Gasteiger partial charge < -0.3 is 14.2 Å². The minimum Gasteiger partial charge on any atom is -0.468 e. The van der Waals surface area contributed by atoms with Crippen LogP contribution in [-0.4, -0.2) is 49.0 Å². The molecule has 0 saturated carbocycles. The first-order valence-corrected chi connectivity index (χ1v) is 11.2. The molecule has 0 aromatic heterocycles. The average Bonchev–Trinajstić information content (AvgIpc) is 2.84. The molecule has 0 aliphatic carbocycles. The summed E-state index contributed by atoms with van der Waals surface area (Å²) in [6.07, 6.45) is 3.15. The molecule has 178 valence electrons. The maximum atomic E-state index is 12.6. The highest BCUT2D eigenvalue weighted by atomic mass is 16.5. The lowest BCUT2D eigenvalue weighted by Crippen LogP contribution is -2.47. The maximum Gasteiger partial charge on any atom is 0.323 e. The summed E-state index contributed by atoms with van der Waals surface area (Å²) in [7, 11) is 1.30. The summed E-state index contributed by atoms with van der Waals surface area (Å²) in [5.74, 6) is -1.55. The number of rotatable bonds is 14. The Hall–Kier alpha value is -3.19. The normalized spacial score (nSPS) is 11.6. The smallest absolute Gasteiger partial charge is 0.323 e. The molecule has 7 heteroatoms. The highest BCUT2D eigenvalue weighted by Gasteiger charge is 2.30. The Labute approximate surface area is 195 Å². The Balaban J connectivity index is 2.04. The van der Waals surface area contributed by atoms with Gasteiger partial charge in [-0.1, -0.05) is 86.8 Å². The van der Waals surface area contributed by atoms with Gasteiger partial charge in [0.2, 0.25) is 0 Å². The third-order valence-electron chi connectivity index (χ3n) is 5.14. The maximum absolute atomic E-state index is 12.6. The van der Waals surface area contributed by atoms with Crippen LogP contribution in [0.15, 0.2) is 60.7 Å². The summed E-state index contributed by atoms with van der Waals surface area (Å²) < 4.78 is 15.7. The number of carbonyl (C=O) groups is 3. The van der Waals surface area contributed by atoms with Gasteiger partial charge >= 0.3 is 17.9 Å². The standard InChI is InChI=1S/C26H33NO6/c1-3-4-7-16-23(26(30)31-2)27(17-24(28)32-19-21-12-8-5-9-13-21)18-25(29)33-20-22-14-10-6-11-15-22/h5-6,8-15,23H,3-4,7,16-20H2,1-2H3/t23-/m0/s1. The zero-order valence-electron chi connectivity index (χ0n) is 19.4. The number of nitrogens with zero attached hydrogens (tertiary/aromatic N) is 1. The molecule has 2 aromatic rings. The first kappa shape index (κ1) is 26.1. The van der Waals surface area contributed by atoms with Crippen molar-refractivity contribution in [2.45, 2.75) is 51.9 Å². The summed E-state index contributed by atoms with van der Waals surface area (Å²) in [5.41, 5.74) is 1.71. The largest absolute Gasteiger partial charge is 0.468 e. The Morgan fingerprint density at radius 3 is 1.70 bits per heavy atom. The number of unbranched alkanes of at least 4 members (excludes halogenated alkanes) is 2. The van der Waals surface area contributed by atoms with Gasteiger partial charge in [0, 0.05) is 0 Å². The van der Waals surface area contributed by atoms with Gasteiger partial charge in [-0.25, -0.2) is 0 Å². The van der Waals surface area contributed by atoms with Crippen molar-refractivity contribution in [3.05, 3.63) is 71.8 Å². The van der Waals surface area contributed by atoms with Gasteiger partial charge in [0.15, 0.2) is 0 Å². The number of hydrogen-bond donors (Lipinski definition) is 0. The van der Waals surface area contributed by atoms with Crippen molar-refractivity contribution < 1.29 is 28.6 Å². The van der Waals surface area contributed by atoms with Crippen molar-refractivity contribution in [3.8, 4) is 0 Å². The first-order valence-electron chi connectivity index (χ1n) is 11.2. The molecule has 0 aliphatic rings. The van der Waals surface area contributed by atoms with E-state index >= 15 is 0 Å². The van der Waals surface area contributed by atoms with Gasteiger partial charge in [-0.15, -0.1) is 0 Å². The highest BCUT2D eigenvalue weighted by molar-refractivity contribution is 5.80. The van der Waals surface area contributed by atoms with E-state index in [0.29, 0.717) is 6.42 Å². The van der Waals surface area contributed by atoms with E-state index in [1.165, 1.54) is 12.0 Å². The summed E-state index contributed by atoms with van der Waals surface area (Å²) in [6, 6.07) is 17.9. The van der Waals surface area contributed by atoms with E-state index in [1.807, 2.05) is 60.7 Å². The molecule has 33 heavy (non-hydrogen) atoms. The molecular formula is C26H33NO6. The lowest BCUT2D eigenvalue weighted by molar-refractivity contribution is -0.156. The second-order valence-corrected chi connectivity index (χ2v) is 7.73. The molecule has 0 amide bonds. The van der Waals surface area contributed by atoms with Gasteiger partial charge in [0.1, 0.15) is 19.3 Å². The fourth-order valence-corrected chi connectivity index (χ4v) is 3.35. The van der Waals surface area contributed by atoms with Gasteiger partial charge in [0.05, 0.1) is 20.2 Å². The zero-order chi connectivity index (χ0) is 23.9. The number of benzene rings is 2. The first-order chi connectivity index (χ1) is 16.0. The fourth-order valence-electron chi connectivity index (χ4n) is 3.35. The van der Waals surface area contributed by atoms with Crippen LogP contribution in [0.25, 0.3) is 0 Å². The number of hydrogen-bond acceptors (Lipinski definition) is 7. The molecule has 0 saturated heterocycles. The predicted molar refractivity (Wildman–Crippen MR) is 124 cm³/mol. The summed E-state index contributed by atoms with van der Waals surface area (Å²) in [6.45, 7) is 1.85. The molecule has 0 unspecified atom stereocenters. The van der Waals surface area contributed by atoms with Crippen molar-refractivity contribution in [1.29, 1.82) is 0 Å². The molecule has 0 heterocycles. The van der Waals surface area contributed by atoms with Crippen molar-refractivity contribution >= 4 is 17.9 Å². The summed E-state index contributed by atoms with van der Waals surface area (Å²) >= 11 is 0. The molecule has 0 N–H and O–H groups in total. The second kappa shape index (κ2) is 14.8. The van der Waals surface area contributed by atoms with Crippen LogP contribution in [-0.2, 0) is 41.8 Å². The molecule has 0 bridgehead atoms. The van der Waals surface area contributed by atoms with Gasteiger partial charge in [0.25, 0.3) is 0 Å². The third kappa shape index (κ3) is 9.87. The van der Waals surface area contributed by atoms with Crippen LogP contribution < -0.4 is 0 Å². The van der Waals surface area contributed by atoms with Gasteiger partial charge in [-0.3, -0.25) is 19.3 Å². The average molecular weight is 456 g/mol. The van der Waals surface area contributed by atoms with Crippen LogP contribution in [0.1, 0.15) is 43.7 Å². The second-order valence-electron chi connectivity index (χ2n) is 7.73. The van der Waals surface area contributed by atoms with E-state index in [2.05, 4.69) is 6.92 Å². The van der Waals surface area contributed by atoms with Gasteiger partial charge in [-0.2, -0.15) is 0 Å². The van der Waals surface area contributed by atoms with E-state index in [1.54, 1.807) is 0 Å². The molecule has 2 aromatic carbocycles. The van der Waals surface area contributed by atoms with Crippen LogP contribution in [0.2, 0.25) is 0 Å². The monoisotopic (exact) mass is 455 g/mol. The molecule has 0 fully saturated rings. The molecular weight excluding hydrogens is 422 g/mol. The molecule has 0 aliphatic heterocycles. The summed E-state index contributed by atoms with van der Waals surface area (Å²) in [5, 5.41) is 0. The van der Waals surface area contributed by atoms with Crippen molar-refractivity contribution in [2.75, 3.05) is 20.2 Å². The van der Waals surface area contributed by atoms with Crippen LogP contribution in [0.5, 0.6) is 0 Å². The molecule has 0 radical (unpaired) electrons. The van der Waals surface area contributed by atoms with Crippen LogP contribution in [0.4, 0.5) is 0 Å². The number of ether oxygens (including phenoxy) is 3. The molecule has 7 nitrogen and oxygen atoms in total. The van der Waals surface area contributed by atoms with Crippen molar-refractivity contribution in [2.24, 2.45) is 0 Å². The number of methoxy groups -OCH3 is 1. The van der Waals surface area contributed by atoms with Crippen molar-refractivity contribution in [3.63, 3.8) is 0 Å². The van der Waals surface area contributed by atoms with E-state index in [-0.39, 0.29) is 26.3 Å². The lowest BCUT2D eigenvalue weighted by atomic mass is 10.1. The minimum atomic E-state index is -0.741. The predicted octanol–water partition coefficient (Wildman–Crippen LogP) is 3.90. The SMILES string of the molecule is CCCCC[C@@H](C(=O)OC)N(CC(=O)OCc1ccccc1)CC(=O)OCc1ccccc1. The van der Waals surface area contributed by atoms with E-state index < -0.39 is 23.9 Å². The van der Waals surface area contributed by atoms with Crippen molar-refractivity contribution in [1.82, 2.24) is 4.90 Å². The Kier molecular flexibility index (Phi) is 11.7. The highest BCUT2D eigenvalue weighted by Crippen LogP contribution is 2.14. The number of carbonyl (C=O) groups excluding carboxylic acids is 3. The number of esters is 3. The zero-order valence-corrected chi connectivity index (χ0v) is 19.4. The van der Waals surface area contributed by atoms with E-state index in [9.17, 15) is 14.4 Å². The quantitative estimate of drug-likeness (QED) is 0.243. The van der Waals surface area contributed by atoms with E-state index in [0.717, 1.165) is 30.4 Å². The Morgan fingerprint density at radius 1 is 0.788 bits per heavy atom. The minimum absolute atomic E-state index is 0.116. The Morgan fingerprint density at radius 2 is 1.27 bits per heavy atom. The van der Waals surface area contributed by atoms with Gasteiger partial charge in [-0.05, 0) is 17.5 Å². The third-order valence-corrected chi connectivity index (χ3v) is 5.14.